The van der Waals surface area contributed by atoms with E-state index in [0.717, 1.165) is 12.4 Å². The third-order valence-corrected chi connectivity index (χ3v) is 5.45. The van der Waals surface area contributed by atoms with Crippen LogP contribution in [0.2, 0.25) is 0 Å². The molecule has 1 N–H and O–H groups in total. The highest BCUT2D eigenvalue weighted by Crippen LogP contribution is 2.36. The van der Waals surface area contributed by atoms with Crippen molar-refractivity contribution in [2.24, 2.45) is 0 Å². The summed E-state index contributed by atoms with van der Waals surface area (Å²) in [5.74, 6) is -3.72. The highest BCUT2D eigenvalue weighted by molar-refractivity contribution is 5.98. The predicted octanol–water partition coefficient (Wildman–Crippen LogP) is 4.66. The van der Waals surface area contributed by atoms with E-state index in [9.17, 15) is 18.4 Å². The van der Waals surface area contributed by atoms with Crippen LogP contribution in [-0.2, 0) is 15.5 Å². The summed E-state index contributed by atoms with van der Waals surface area (Å²) >= 11 is 0. The van der Waals surface area contributed by atoms with E-state index >= 15 is 0 Å². The first-order valence-electron chi connectivity index (χ1n) is 11.2. The third-order valence-electron chi connectivity index (χ3n) is 5.45. The lowest BCUT2D eigenvalue weighted by atomic mass is 10.1. The molecule has 2 amide bonds. The molecule has 0 bridgehead atoms. The Morgan fingerprint density at radius 2 is 1.83 bits per heavy atom. The van der Waals surface area contributed by atoms with Crippen LogP contribution >= 0.6 is 0 Å². The third kappa shape index (κ3) is 5.23. The second kappa shape index (κ2) is 8.54. The lowest BCUT2D eigenvalue weighted by molar-refractivity contribution is -0.114. The summed E-state index contributed by atoms with van der Waals surface area (Å²) in [6.45, 7) is 10.0. The fourth-order valence-corrected chi connectivity index (χ4v) is 3.91. The van der Waals surface area contributed by atoms with Crippen LogP contribution in [0.25, 0.3) is 22.2 Å². The number of anilines is 1. The van der Waals surface area contributed by atoms with Gasteiger partial charge >= 0.3 is 12.0 Å². The van der Waals surface area contributed by atoms with Gasteiger partial charge in [0.25, 0.3) is 0 Å². The molecule has 4 rings (SSSR count). The molecule has 3 aromatic rings. The molecule has 1 aliphatic rings. The zero-order chi connectivity index (χ0) is 25.7. The number of aromatic nitrogens is 4. The first kappa shape index (κ1) is 24.5. The number of fused-ring (bicyclic) bond motifs is 1. The first-order valence-corrected chi connectivity index (χ1v) is 11.2. The highest BCUT2D eigenvalue weighted by Gasteiger charge is 2.36. The van der Waals surface area contributed by atoms with Gasteiger partial charge in [-0.1, -0.05) is 0 Å². The van der Waals surface area contributed by atoms with Gasteiger partial charge in [-0.2, -0.15) is 8.78 Å². The number of halogens is 2. The van der Waals surface area contributed by atoms with E-state index in [2.05, 4.69) is 20.3 Å². The highest BCUT2D eigenvalue weighted by atomic mass is 19.3. The number of nitrogens with one attached hydrogen (secondary N) is 1. The van der Waals surface area contributed by atoms with Crippen LogP contribution in [0, 0.1) is 6.92 Å². The smallest absolute Gasteiger partial charge is 0.410 e. The Morgan fingerprint density at radius 3 is 2.43 bits per heavy atom. The van der Waals surface area contributed by atoms with E-state index in [4.69, 9.17) is 4.74 Å². The SMILES string of the molecule is CC(=O)Nc1cc2c(-c3cc(C)nc(C(C)(F)F)n3)cn(C3CN(C(=O)OC(C)(C)C)C3)c2cn1. The number of carbonyl (C=O) groups excluding carboxylic acids is 2. The van der Waals surface area contributed by atoms with Gasteiger partial charge in [-0.25, -0.2) is 19.7 Å². The number of likely N-dealkylation sites (tertiary alicyclic amines) is 1. The maximum Gasteiger partial charge on any atom is 0.410 e. The molecule has 1 fully saturated rings. The minimum Gasteiger partial charge on any atom is -0.444 e. The zero-order valence-electron chi connectivity index (χ0n) is 20.5. The molecule has 0 saturated carbocycles. The number of rotatable bonds is 4. The average Bonchev–Trinajstić information content (AvgIpc) is 3.02. The predicted molar refractivity (Wildman–Crippen MR) is 126 cm³/mol. The molecule has 186 valence electrons. The van der Waals surface area contributed by atoms with E-state index in [1.807, 2.05) is 31.5 Å². The molecule has 0 unspecified atom stereocenters. The molecule has 0 aromatic carbocycles. The van der Waals surface area contributed by atoms with Crippen LogP contribution < -0.4 is 5.32 Å². The number of pyridine rings is 1. The molecule has 0 radical (unpaired) electrons. The van der Waals surface area contributed by atoms with Gasteiger partial charge < -0.3 is 19.5 Å². The minimum absolute atomic E-state index is 0.0674. The van der Waals surface area contributed by atoms with Crippen molar-refractivity contribution in [3.8, 4) is 11.3 Å². The zero-order valence-corrected chi connectivity index (χ0v) is 20.5. The Kier molecular flexibility index (Phi) is 5.98. The summed E-state index contributed by atoms with van der Waals surface area (Å²) in [6.07, 6.45) is 3.04. The number of aryl methyl sites for hydroxylation is 1. The van der Waals surface area contributed by atoms with Crippen molar-refractivity contribution in [2.45, 2.75) is 59.1 Å². The molecule has 1 aliphatic heterocycles. The average molecular weight is 487 g/mol. The van der Waals surface area contributed by atoms with Crippen molar-refractivity contribution in [1.29, 1.82) is 0 Å². The summed E-state index contributed by atoms with van der Waals surface area (Å²) in [5, 5.41) is 3.33. The largest absolute Gasteiger partial charge is 0.444 e. The van der Waals surface area contributed by atoms with Crippen LogP contribution in [0.4, 0.5) is 19.4 Å². The Hall–Kier alpha value is -3.63. The van der Waals surface area contributed by atoms with Crippen LogP contribution in [-0.4, -0.2) is 55.1 Å². The number of hydrogen-bond acceptors (Lipinski definition) is 6. The summed E-state index contributed by atoms with van der Waals surface area (Å²) in [6, 6.07) is 3.26. The van der Waals surface area contributed by atoms with Crippen LogP contribution in [0.3, 0.4) is 0 Å². The van der Waals surface area contributed by atoms with Crippen molar-refractivity contribution >= 4 is 28.7 Å². The van der Waals surface area contributed by atoms with E-state index in [1.165, 1.54) is 6.92 Å². The van der Waals surface area contributed by atoms with Crippen molar-refractivity contribution in [3.63, 3.8) is 0 Å². The Bertz CT molecular complexity index is 1300. The second-order valence-corrected chi connectivity index (χ2v) is 9.86. The van der Waals surface area contributed by atoms with Crippen molar-refractivity contribution in [2.75, 3.05) is 18.4 Å². The number of nitrogens with zero attached hydrogens (tertiary/aromatic N) is 5. The summed E-state index contributed by atoms with van der Waals surface area (Å²) in [5.41, 5.74) is 1.47. The maximum atomic E-state index is 14.0. The van der Waals surface area contributed by atoms with Gasteiger partial charge in [0.2, 0.25) is 5.91 Å². The summed E-state index contributed by atoms with van der Waals surface area (Å²) in [7, 11) is 0. The molecule has 0 aliphatic carbocycles. The van der Waals surface area contributed by atoms with Crippen LogP contribution in [0.1, 0.15) is 52.2 Å². The van der Waals surface area contributed by atoms with Gasteiger partial charge in [0, 0.05) is 49.8 Å². The monoisotopic (exact) mass is 486 g/mol. The summed E-state index contributed by atoms with van der Waals surface area (Å²) < 4.78 is 35.5. The fourth-order valence-electron chi connectivity index (χ4n) is 3.91. The Morgan fingerprint density at radius 1 is 1.14 bits per heavy atom. The molecule has 35 heavy (non-hydrogen) atoms. The molecular weight excluding hydrogens is 458 g/mol. The molecule has 3 aromatic heterocycles. The van der Waals surface area contributed by atoms with Gasteiger partial charge in [-0.3, -0.25) is 4.79 Å². The molecule has 0 atom stereocenters. The number of hydrogen-bond donors (Lipinski definition) is 1. The van der Waals surface area contributed by atoms with E-state index in [-0.39, 0.29) is 11.9 Å². The Balaban J connectivity index is 1.75. The maximum absolute atomic E-state index is 14.0. The fraction of sp³-hybridized carbons (Fsp3) is 0.458. The molecular formula is C24H28F2N6O3. The lowest BCUT2D eigenvalue weighted by Crippen LogP contribution is -2.52. The van der Waals surface area contributed by atoms with Crippen molar-refractivity contribution < 1.29 is 23.1 Å². The quantitative estimate of drug-likeness (QED) is 0.575. The van der Waals surface area contributed by atoms with E-state index < -0.39 is 23.4 Å². The molecule has 11 heteroatoms. The van der Waals surface area contributed by atoms with Gasteiger partial charge in [0.1, 0.15) is 11.4 Å². The normalized spacial score (nSPS) is 14.7. The first-order chi connectivity index (χ1) is 16.2. The van der Waals surface area contributed by atoms with Crippen LogP contribution in [0.5, 0.6) is 0 Å². The molecule has 9 nitrogen and oxygen atoms in total. The van der Waals surface area contributed by atoms with Crippen molar-refractivity contribution in [1.82, 2.24) is 24.4 Å². The van der Waals surface area contributed by atoms with Crippen LogP contribution in [0.15, 0.2) is 24.5 Å². The lowest BCUT2D eigenvalue weighted by Gasteiger charge is -2.40. The summed E-state index contributed by atoms with van der Waals surface area (Å²) in [4.78, 5) is 37.9. The molecule has 4 heterocycles. The molecule has 1 saturated heterocycles. The van der Waals surface area contributed by atoms with Gasteiger partial charge in [0.15, 0.2) is 5.82 Å². The number of ether oxygens (including phenoxy) is 1. The van der Waals surface area contributed by atoms with E-state index in [0.29, 0.717) is 41.2 Å². The van der Waals surface area contributed by atoms with Crippen molar-refractivity contribution in [3.05, 3.63) is 36.0 Å². The van der Waals surface area contributed by atoms with Gasteiger partial charge in [0.05, 0.1) is 23.4 Å². The van der Waals surface area contributed by atoms with E-state index in [1.54, 1.807) is 30.2 Å². The minimum atomic E-state index is -3.20. The second-order valence-electron chi connectivity index (χ2n) is 9.86. The van der Waals surface area contributed by atoms with Gasteiger partial charge in [-0.15, -0.1) is 0 Å². The number of amides is 2. The number of carbonyl (C=O) groups is 2. The number of alkyl halides is 2. The standard InChI is InChI=1S/C24H28F2N6O3/c1-13-7-18(30-21(28-13)24(6,25)26)17-12-32(15-10-31(11-15)22(34)35-23(3,4)5)19-9-27-20(8-16(17)19)29-14(2)33/h7-9,12,15H,10-11H2,1-6H3,(H,27,29,33). The Labute approximate surface area is 201 Å². The van der Waals surface area contributed by atoms with Gasteiger partial charge in [-0.05, 0) is 39.8 Å². The topological polar surface area (TPSA) is 102 Å². The molecule has 0 spiro atoms.